The minimum absolute atomic E-state index is 0.105. The number of hydrogen-bond acceptors (Lipinski definition) is 5. The number of carbonyl (C=O) groups is 1. The molecule has 0 aliphatic carbocycles. The van der Waals surface area contributed by atoms with Crippen molar-refractivity contribution < 1.29 is 17.9 Å². The molecule has 27 heavy (non-hydrogen) atoms. The Balaban J connectivity index is 1.71. The molecule has 0 bridgehead atoms. The SMILES string of the molecule is COc1ccc(NC(=O)CC2CCCCN2S(=O)(=O)c2cccs2)cc1Cl. The van der Waals surface area contributed by atoms with Gasteiger partial charge in [-0.15, -0.1) is 11.3 Å². The fraction of sp³-hybridized carbons (Fsp3) is 0.389. The number of hydrogen-bond donors (Lipinski definition) is 1. The van der Waals surface area contributed by atoms with Crippen LogP contribution in [0.2, 0.25) is 5.02 Å². The van der Waals surface area contributed by atoms with E-state index in [9.17, 15) is 13.2 Å². The second-order valence-corrected chi connectivity index (χ2v) is 9.77. The fourth-order valence-electron chi connectivity index (χ4n) is 3.19. The summed E-state index contributed by atoms with van der Waals surface area (Å²) in [7, 11) is -2.05. The summed E-state index contributed by atoms with van der Waals surface area (Å²) in [5.41, 5.74) is 0.550. The quantitative estimate of drug-likeness (QED) is 0.754. The first kappa shape index (κ1) is 20.1. The van der Waals surface area contributed by atoms with Crippen LogP contribution in [0.1, 0.15) is 25.7 Å². The summed E-state index contributed by atoms with van der Waals surface area (Å²) in [4.78, 5) is 12.5. The number of carbonyl (C=O) groups excluding carboxylic acids is 1. The summed E-state index contributed by atoms with van der Waals surface area (Å²) in [6.45, 7) is 0.437. The van der Waals surface area contributed by atoms with E-state index in [-0.39, 0.29) is 18.4 Å². The van der Waals surface area contributed by atoms with Crippen LogP contribution < -0.4 is 10.1 Å². The van der Waals surface area contributed by atoms with Gasteiger partial charge < -0.3 is 10.1 Å². The predicted octanol–water partition coefficient (Wildman–Crippen LogP) is 3.98. The molecular weight excluding hydrogens is 408 g/mol. The molecule has 0 saturated carbocycles. The Kier molecular flexibility index (Phi) is 6.41. The Hall–Kier alpha value is -1.61. The highest BCUT2D eigenvalue weighted by Gasteiger charge is 2.35. The predicted molar refractivity (Wildman–Crippen MR) is 107 cm³/mol. The first-order valence-electron chi connectivity index (χ1n) is 8.60. The molecular formula is C18H21ClN2O4S2. The van der Waals surface area contributed by atoms with E-state index < -0.39 is 10.0 Å². The van der Waals surface area contributed by atoms with E-state index in [1.807, 2.05) is 0 Å². The highest BCUT2D eigenvalue weighted by atomic mass is 35.5. The first-order chi connectivity index (χ1) is 12.9. The normalized spacial score (nSPS) is 18.2. The molecule has 0 radical (unpaired) electrons. The minimum Gasteiger partial charge on any atom is -0.495 e. The molecule has 1 unspecified atom stereocenters. The molecule has 9 heteroatoms. The number of halogens is 1. The number of benzene rings is 1. The lowest BCUT2D eigenvalue weighted by Crippen LogP contribution is -2.45. The zero-order chi connectivity index (χ0) is 19.4. The highest BCUT2D eigenvalue weighted by molar-refractivity contribution is 7.91. The van der Waals surface area contributed by atoms with Crippen molar-refractivity contribution >= 4 is 44.6 Å². The molecule has 1 aromatic heterocycles. The lowest BCUT2D eigenvalue weighted by atomic mass is 10.0. The lowest BCUT2D eigenvalue weighted by Gasteiger charge is -2.34. The third kappa shape index (κ3) is 4.63. The van der Waals surface area contributed by atoms with E-state index in [1.165, 1.54) is 22.8 Å². The number of anilines is 1. The molecule has 1 saturated heterocycles. The van der Waals surface area contributed by atoms with Crippen molar-refractivity contribution in [3.63, 3.8) is 0 Å². The zero-order valence-corrected chi connectivity index (χ0v) is 17.2. The van der Waals surface area contributed by atoms with Gasteiger partial charge in [0.25, 0.3) is 10.0 Å². The Labute approximate surface area is 168 Å². The van der Waals surface area contributed by atoms with Gasteiger partial charge in [0.15, 0.2) is 0 Å². The van der Waals surface area contributed by atoms with Crippen LogP contribution in [-0.2, 0) is 14.8 Å². The van der Waals surface area contributed by atoms with E-state index in [1.54, 1.807) is 35.7 Å². The summed E-state index contributed by atoms with van der Waals surface area (Å²) in [6, 6.07) is 7.95. The molecule has 6 nitrogen and oxygen atoms in total. The van der Waals surface area contributed by atoms with Crippen molar-refractivity contribution in [2.75, 3.05) is 19.0 Å². The number of thiophene rings is 1. The monoisotopic (exact) mass is 428 g/mol. The third-order valence-corrected chi connectivity index (χ3v) is 8.11. The molecule has 146 valence electrons. The van der Waals surface area contributed by atoms with Gasteiger partial charge in [0.1, 0.15) is 9.96 Å². The molecule has 1 N–H and O–H groups in total. The van der Waals surface area contributed by atoms with Gasteiger partial charge in [0.05, 0.1) is 12.1 Å². The van der Waals surface area contributed by atoms with Crippen LogP contribution in [0.15, 0.2) is 39.9 Å². The molecule has 3 rings (SSSR count). The van der Waals surface area contributed by atoms with Crippen LogP contribution >= 0.6 is 22.9 Å². The molecule has 0 spiro atoms. The second-order valence-electron chi connectivity index (χ2n) is 6.30. The molecule has 1 aromatic carbocycles. The number of ether oxygens (including phenoxy) is 1. The standard InChI is InChI=1S/C18H21ClN2O4S2/c1-25-16-8-7-13(11-15(16)19)20-17(22)12-14-5-2-3-9-21(14)27(23,24)18-6-4-10-26-18/h4,6-8,10-11,14H,2-3,5,9,12H2,1H3,(H,20,22). The first-order valence-corrected chi connectivity index (χ1v) is 11.3. The topological polar surface area (TPSA) is 75.7 Å². The van der Waals surface area contributed by atoms with Gasteiger partial charge in [0.2, 0.25) is 5.91 Å². The van der Waals surface area contributed by atoms with Gasteiger partial charge in [0, 0.05) is 24.7 Å². The molecule has 2 aromatic rings. The van der Waals surface area contributed by atoms with E-state index in [2.05, 4.69) is 5.32 Å². The van der Waals surface area contributed by atoms with Gasteiger partial charge in [-0.05, 0) is 42.5 Å². The Bertz CT molecular complexity index is 900. The van der Waals surface area contributed by atoms with Crippen LogP contribution in [0.5, 0.6) is 5.75 Å². The number of amides is 1. The average molecular weight is 429 g/mol. The van der Waals surface area contributed by atoms with E-state index in [0.717, 1.165) is 12.8 Å². The van der Waals surface area contributed by atoms with Gasteiger partial charge in [-0.2, -0.15) is 4.31 Å². The van der Waals surface area contributed by atoms with E-state index in [4.69, 9.17) is 16.3 Å². The number of nitrogens with one attached hydrogen (secondary N) is 1. The van der Waals surface area contributed by atoms with Gasteiger partial charge >= 0.3 is 0 Å². The molecule has 1 atom stereocenters. The summed E-state index contributed by atoms with van der Waals surface area (Å²) >= 11 is 7.28. The van der Waals surface area contributed by atoms with E-state index >= 15 is 0 Å². The number of piperidine rings is 1. The summed E-state index contributed by atoms with van der Waals surface area (Å²) in [5.74, 6) is 0.282. The number of nitrogens with zero attached hydrogens (tertiary/aromatic N) is 1. The highest BCUT2D eigenvalue weighted by Crippen LogP contribution is 2.30. The lowest BCUT2D eigenvalue weighted by molar-refractivity contribution is -0.117. The van der Waals surface area contributed by atoms with Crippen molar-refractivity contribution in [2.45, 2.75) is 35.9 Å². The van der Waals surface area contributed by atoms with Gasteiger partial charge in [-0.25, -0.2) is 8.42 Å². The summed E-state index contributed by atoms with van der Waals surface area (Å²) in [5, 5.41) is 4.93. The van der Waals surface area contributed by atoms with Crippen LogP contribution in [0.4, 0.5) is 5.69 Å². The van der Waals surface area contributed by atoms with Crippen molar-refractivity contribution in [3.8, 4) is 5.75 Å². The molecule has 1 aliphatic heterocycles. The molecule has 1 fully saturated rings. The number of sulfonamides is 1. The van der Waals surface area contributed by atoms with Crippen molar-refractivity contribution in [3.05, 3.63) is 40.7 Å². The average Bonchev–Trinajstić information content (AvgIpc) is 3.18. The van der Waals surface area contributed by atoms with Crippen LogP contribution in [-0.4, -0.2) is 38.3 Å². The number of methoxy groups -OCH3 is 1. The van der Waals surface area contributed by atoms with Crippen molar-refractivity contribution in [2.24, 2.45) is 0 Å². The van der Waals surface area contributed by atoms with Gasteiger partial charge in [-0.3, -0.25) is 4.79 Å². The molecule has 2 heterocycles. The summed E-state index contributed by atoms with van der Waals surface area (Å²) < 4.78 is 32.7. The van der Waals surface area contributed by atoms with Crippen LogP contribution in [0, 0.1) is 0 Å². The van der Waals surface area contributed by atoms with Gasteiger partial charge in [-0.1, -0.05) is 24.1 Å². The maximum atomic E-state index is 12.9. The Morgan fingerprint density at radius 1 is 1.37 bits per heavy atom. The second kappa shape index (κ2) is 8.60. The smallest absolute Gasteiger partial charge is 0.252 e. The van der Waals surface area contributed by atoms with Crippen molar-refractivity contribution in [1.82, 2.24) is 4.31 Å². The molecule has 1 amide bonds. The maximum Gasteiger partial charge on any atom is 0.252 e. The van der Waals surface area contributed by atoms with Crippen LogP contribution in [0.25, 0.3) is 0 Å². The Morgan fingerprint density at radius 2 is 2.19 bits per heavy atom. The zero-order valence-electron chi connectivity index (χ0n) is 14.9. The summed E-state index contributed by atoms with van der Waals surface area (Å²) in [6.07, 6.45) is 2.48. The maximum absolute atomic E-state index is 12.9. The van der Waals surface area contributed by atoms with E-state index in [0.29, 0.717) is 33.6 Å². The minimum atomic E-state index is -3.57. The fourth-order valence-corrected chi connectivity index (χ4v) is 6.26. The van der Waals surface area contributed by atoms with Crippen LogP contribution in [0.3, 0.4) is 0 Å². The van der Waals surface area contributed by atoms with Crippen molar-refractivity contribution in [1.29, 1.82) is 0 Å². The number of rotatable bonds is 6. The largest absolute Gasteiger partial charge is 0.495 e. The Morgan fingerprint density at radius 3 is 2.85 bits per heavy atom. The third-order valence-electron chi connectivity index (χ3n) is 4.49. The molecule has 1 aliphatic rings.